The average molecular weight is 819 g/mol. The van der Waals surface area contributed by atoms with Crippen LogP contribution in [0.15, 0.2) is 236 Å². The summed E-state index contributed by atoms with van der Waals surface area (Å²) in [5.41, 5.74) is 2.56. The Morgan fingerprint density at radius 1 is 0.254 bits per heavy atom. The first kappa shape index (κ1) is 22.4. The normalized spacial score (nSPS) is 15.6. The van der Waals surface area contributed by atoms with Crippen molar-refractivity contribution in [3.63, 3.8) is 0 Å². The Hall–Kier alpha value is -8.40. The van der Waals surface area contributed by atoms with Gasteiger partial charge in [-0.25, -0.2) is 0 Å². The van der Waals surface area contributed by atoms with Gasteiger partial charge in [0.15, 0.2) is 0 Å². The summed E-state index contributed by atoms with van der Waals surface area (Å²) in [6.45, 7) is 0. The lowest BCUT2D eigenvalue weighted by atomic mass is 9.95. The smallest absolute Gasteiger partial charge is 0.0651 e. The van der Waals surface area contributed by atoms with Crippen LogP contribution < -0.4 is 0 Å². The summed E-state index contributed by atoms with van der Waals surface area (Å²) in [5, 5.41) is 5.56. The number of hydrogen-bond acceptors (Lipinski definition) is 0. The molecule has 0 aliphatic rings. The summed E-state index contributed by atoms with van der Waals surface area (Å²) in [6.07, 6.45) is 0. The van der Waals surface area contributed by atoms with Crippen LogP contribution in [0.3, 0.4) is 0 Å². The molecule has 3 heteroatoms. The van der Waals surface area contributed by atoms with Gasteiger partial charge in [-0.05, 0) is 118 Å². The third kappa shape index (κ3) is 5.60. The Morgan fingerprint density at radius 3 is 1.06 bits per heavy atom. The molecule has 3 nitrogen and oxygen atoms in total. The lowest BCUT2D eigenvalue weighted by molar-refractivity contribution is 1.16. The molecule has 0 bridgehead atoms. The summed E-state index contributed by atoms with van der Waals surface area (Å²) in [6, 6.07) is 30.6. The second kappa shape index (κ2) is 14.1. The first-order chi connectivity index (χ1) is 38.3. The predicted molar refractivity (Wildman–Crippen MR) is 266 cm³/mol. The lowest BCUT2D eigenvalue weighted by Gasteiger charge is -2.15. The van der Waals surface area contributed by atoms with E-state index in [1.165, 1.54) is 0 Å². The minimum atomic E-state index is -0.880. The largest absolute Gasteiger partial charge is 0.309 e. The van der Waals surface area contributed by atoms with E-state index in [9.17, 15) is 6.85 Å². The van der Waals surface area contributed by atoms with Crippen molar-refractivity contribution < 1.29 is 23.3 Å². The molecule has 0 aliphatic heterocycles. The van der Waals surface area contributed by atoms with E-state index in [0.717, 1.165) is 55.0 Å². The summed E-state index contributed by atoms with van der Waals surface area (Å²) in [5.74, 6) is 0. The van der Waals surface area contributed by atoms with Crippen molar-refractivity contribution in [1.29, 1.82) is 0 Å². The van der Waals surface area contributed by atoms with Crippen molar-refractivity contribution in [3.8, 4) is 50.4 Å². The second-order valence-electron chi connectivity index (χ2n) is 15.2. The van der Waals surface area contributed by atoms with Crippen LogP contribution in [0.4, 0.5) is 0 Å². The number of nitrogens with zero attached hydrogens (tertiary/aromatic N) is 3. The molecule has 0 amide bonds. The van der Waals surface area contributed by atoms with E-state index in [1.807, 2.05) is 72.8 Å². The molecule has 3 heterocycles. The number of aromatic nitrogens is 3. The monoisotopic (exact) mass is 818 g/mol. The summed E-state index contributed by atoms with van der Waals surface area (Å²) < 4.78 is 160. The van der Waals surface area contributed by atoms with E-state index in [-0.39, 0.29) is 5.69 Å². The Kier molecular flexibility index (Phi) is 5.02. The molecule has 0 fully saturated rings. The zero-order chi connectivity index (χ0) is 56.2. The molecule has 0 spiro atoms. The zero-order valence-corrected chi connectivity index (χ0v) is 33.0. The van der Waals surface area contributed by atoms with Gasteiger partial charge in [-0.1, -0.05) is 151 Å². The van der Waals surface area contributed by atoms with Crippen molar-refractivity contribution in [2.24, 2.45) is 0 Å². The standard InChI is InChI=1S/C60H39N3/c1-3-16-40(17-4-1)42-20-15-21-43(34-42)45-35-44(41-18-5-2-6-19-41)36-48(37-45)63-58-29-14-10-25-52(58)54-39-47(31-33-60(54)63)62-57-28-13-9-24-51(57)53-38-46(30-32-59(53)62)61-55-26-11-7-22-49(55)50-23-8-12-27-56(50)61/h1-39H/i1D,2D,3D,4D,5D,6D,15D,16D,17D,18D,19D,20D,21D,34D,35D,36D,37D. The molecule has 0 aliphatic carbocycles. The molecule has 3 aromatic heterocycles. The van der Waals surface area contributed by atoms with Crippen LogP contribution in [0.1, 0.15) is 23.3 Å². The van der Waals surface area contributed by atoms with Crippen molar-refractivity contribution in [1.82, 2.24) is 13.7 Å². The highest BCUT2D eigenvalue weighted by Crippen LogP contribution is 2.41. The first-order valence-electron chi connectivity index (χ1n) is 28.8. The van der Waals surface area contributed by atoms with E-state index in [4.69, 9.17) is 16.4 Å². The summed E-state index contributed by atoms with van der Waals surface area (Å²) in [4.78, 5) is 0. The van der Waals surface area contributed by atoms with Crippen LogP contribution in [0, 0.1) is 0 Å². The molecule has 294 valence electrons. The highest BCUT2D eigenvalue weighted by molar-refractivity contribution is 6.14. The minimum Gasteiger partial charge on any atom is -0.309 e. The first-order valence-corrected chi connectivity index (χ1v) is 20.3. The van der Waals surface area contributed by atoms with Crippen LogP contribution in [0.2, 0.25) is 0 Å². The Balaban J connectivity index is 1.10. The molecule has 0 saturated heterocycles. The van der Waals surface area contributed by atoms with E-state index >= 15 is 0 Å². The minimum absolute atomic E-state index is 0.296. The van der Waals surface area contributed by atoms with E-state index in [1.54, 1.807) is 16.7 Å². The predicted octanol–water partition coefficient (Wildman–Crippen LogP) is 16.0. The van der Waals surface area contributed by atoms with Gasteiger partial charge in [-0.2, -0.15) is 0 Å². The van der Waals surface area contributed by atoms with Crippen LogP contribution in [0.5, 0.6) is 0 Å². The number of rotatable bonds is 6. The summed E-state index contributed by atoms with van der Waals surface area (Å²) >= 11 is 0. The zero-order valence-electron chi connectivity index (χ0n) is 50.0. The fraction of sp³-hybridized carbons (Fsp3) is 0. The van der Waals surface area contributed by atoms with Crippen LogP contribution >= 0.6 is 0 Å². The average Bonchev–Trinajstić information content (AvgIpc) is 4.26. The van der Waals surface area contributed by atoms with Gasteiger partial charge in [0.2, 0.25) is 0 Å². The van der Waals surface area contributed by atoms with Crippen molar-refractivity contribution in [2.45, 2.75) is 0 Å². The molecule has 0 saturated carbocycles. The maximum Gasteiger partial charge on any atom is 0.0651 e. The molecule has 0 atom stereocenters. The van der Waals surface area contributed by atoms with E-state index in [0.29, 0.717) is 21.8 Å². The highest BCUT2D eigenvalue weighted by atomic mass is 15.0. The number of benzene rings is 10. The van der Waals surface area contributed by atoms with Gasteiger partial charge in [0, 0.05) is 49.4 Å². The molecule has 13 rings (SSSR count). The molecular weight excluding hydrogens is 763 g/mol. The van der Waals surface area contributed by atoms with E-state index < -0.39 is 136 Å². The van der Waals surface area contributed by atoms with Crippen LogP contribution in [0.25, 0.3) is 116 Å². The molecule has 0 N–H and O–H groups in total. The van der Waals surface area contributed by atoms with Gasteiger partial charge < -0.3 is 13.7 Å². The number of fused-ring (bicyclic) bond motifs is 9. The Labute approximate surface area is 388 Å². The highest BCUT2D eigenvalue weighted by Gasteiger charge is 2.19. The van der Waals surface area contributed by atoms with Gasteiger partial charge in [-0.15, -0.1) is 0 Å². The van der Waals surface area contributed by atoms with Crippen LogP contribution in [-0.4, -0.2) is 13.7 Å². The fourth-order valence-electron chi connectivity index (χ4n) is 9.08. The topological polar surface area (TPSA) is 14.8 Å². The van der Waals surface area contributed by atoms with E-state index in [2.05, 4.69) is 57.7 Å². The fourth-order valence-corrected chi connectivity index (χ4v) is 9.08. The van der Waals surface area contributed by atoms with Crippen molar-refractivity contribution >= 4 is 65.4 Å². The molecule has 13 aromatic rings. The number of hydrogen-bond donors (Lipinski definition) is 0. The number of para-hydroxylation sites is 4. The summed E-state index contributed by atoms with van der Waals surface area (Å²) in [7, 11) is 0. The molecule has 0 unspecified atom stereocenters. The molecule has 63 heavy (non-hydrogen) atoms. The van der Waals surface area contributed by atoms with Crippen molar-refractivity contribution in [3.05, 3.63) is 236 Å². The van der Waals surface area contributed by atoms with Crippen LogP contribution in [-0.2, 0) is 0 Å². The Morgan fingerprint density at radius 2 is 0.587 bits per heavy atom. The van der Waals surface area contributed by atoms with Crippen molar-refractivity contribution in [2.75, 3.05) is 0 Å². The SMILES string of the molecule is [2H]c1c([2H])c([2H])c(-c2c([2H])c([2H])c([2H])c(-c3c([2H])c(-c4c([2H])c([2H])c([2H])c([2H])c4[2H])c([2H])c(-n4c5ccccc5c5cc(-n6c7ccccc7c7cc(-n8c9ccccc9c9ccccc98)ccc76)ccc54)c3[2H])c2[2H])c([2H])c1[2H]. The maximum atomic E-state index is 10.1. The maximum absolute atomic E-state index is 10.1. The Bertz CT molecular complexity index is 4830. The van der Waals surface area contributed by atoms with Gasteiger partial charge in [0.25, 0.3) is 0 Å². The van der Waals surface area contributed by atoms with Gasteiger partial charge in [-0.3, -0.25) is 0 Å². The van der Waals surface area contributed by atoms with Gasteiger partial charge in [0.1, 0.15) is 0 Å². The van der Waals surface area contributed by atoms with Gasteiger partial charge in [0.05, 0.1) is 56.4 Å². The lowest BCUT2D eigenvalue weighted by Crippen LogP contribution is -1.97. The van der Waals surface area contributed by atoms with Gasteiger partial charge >= 0.3 is 0 Å². The quantitative estimate of drug-likeness (QED) is 0.159. The molecular formula is C60H39N3. The molecule has 10 aromatic carbocycles. The third-order valence-corrected chi connectivity index (χ3v) is 11.7. The molecule has 0 radical (unpaired) electrons. The second-order valence-corrected chi connectivity index (χ2v) is 15.2. The third-order valence-electron chi connectivity index (χ3n) is 11.7.